The van der Waals surface area contributed by atoms with Gasteiger partial charge in [0.15, 0.2) is 0 Å². The molecular weight excluding hydrogens is 900 g/mol. The zero-order valence-corrected chi connectivity index (χ0v) is 48.3. The van der Waals surface area contributed by atoms with Crippen molar-refractivity contribution < 1.29 is 32.9 Å². The topological polar surface area (TPSA) is 108 Å². The van der Waals surface area contributed by atoms with E-state index in [1.807, 2.05) is 27.2 Å². The van der Waals surface area contributed by atoms with Crippen molar-refractivity contribution in [1.29, 1.82) is 0 Å². The van der Waals surface area contributed by atoms with E-state index in [4.69, 9.17) is 9.05 Å². The van der Waals surface area contributed by atoms with Crippen molar-refractivity contribution in [3.63, 3.8) is 0 Å². The van der Waals surface area contributed by atoms with E-state index >= 15 is 0 Å². The van der Waals surface area contributed by atoms with Gasteiger partial charge < -0.3 is 28.8 Å². The number of phosphoric ester groups is 1. The number of hydrogen-bond donors (Lipinski definition) is 2. The summed E-state index contributed by atoms with van der Waals surface area (Å²) >= 11 is 0. The maximum absolute atomic E-state index is 13.0. The lowest BCUT2D eigenvalue weighted by Crippen LogP contribution is -2.45. The van der Waals surface area contributed by atoms with Crippen LogP contribution in [0, 0.1) is 0 Å². The molecule has 3 unspecified atom stereocenters. The van der Waals surface area contributed by atoms with Crippen LogP contribution < -0.4 is 10.2 Å². The highest BCUT2D eigenvalue weighted by Crippen LogP contribution is 2.38. The molecule has 0 saturated carbocycles. The first-order chi connectivity index (χ1) is 34.5. The SMILES string of the molecule is CCCCCCCCCC/C=C/CC/C=C/CC/C=C/C(O)C(COP(=O)([O-])OCC[N+](C)(C)C)NC(=O)CCCCCCCCCCCCCCCCC/C=C\C/C=C\CCCCCCCCCCC. The molecular formula is C62H117N2O6P. The van der Waals surface area contributed by atoms with Crippen LogP contribution in [0.5, 0.6) is 0 Å². The molecule has 1 amide bonds. The lowest BCUT2D eigenvalue weighted by molar-refractivity contribution is -0.870. The fourth-order valence-electron chi connectivity index (χ4n) is 8.69. The van der Waals surface area contributed by atoms with Crippen LogP contribution in [-0.2, 0) is 18.4 Å². The van der Waals surface area contributed by atoms with Crippen LogP contribution in [0.2, 0.25) is 0 Å². The van der Waals surface area contributed by atoms with Gasteiger partial charge in [-0.15, -0.1) is 0 Å². The van der Waals surface area contributed by atoms with Crippen LogP contribution in [0.1, 0.15) is 277 Å². The van der Waals surface area contributed by atoms with Gasteiger partial charge in [-0.1, -0.05) is 254 Å². The average Bonchev–Trinajstić information content (AvgIpc) is 3.33. The van der Waals surface area contributed by atoms with E-state index in [1.165, 1.54) is 205 Å². The third kappa shape index (κ3) is 55.8. The average molecular weight is 1020 g/mol. The number of carbonyl (C=O) groups is 1. The molecule has 0 heterocycles. The van der Waals surface area contributed by atoms with E-state index in [2.05, 4.69) is 67.8 Å². The molecule has 0 aliphatic rings. The van der Waals surface area contributed by atoms with E-state index in [-0.39, 0.29) is 12.5 Å². The zero-order chi connectivity index (χ0) is 52.0. The fraction of sp³-hybridized carbons (Fsp3) is 0.823. The predicted molar refractivity (Wildman–Crippen MR) is 307 cm³/mol. The summed E-state index contributed by atoms with van der Waals surface area (Å²) in [6, 6.07) is -0.912. The molecule has 3 atom stereocenters. The molecule has 71 heavy (non-hydrogen) atoms. The lowest BCUT2D eigenvalue weighted by Gasteiger charge is -2.29. The maximum Gasteiger partial charge on any atom is 0.268 e. The van der Waals surface area contributed by atoms with Crippen molar-refractivity contribution in [2.75, 3.05) is 40.9 Å². The number of amides is 1. The maximum atomic E-state index is 13.0. The van der Waals surface area contributed by atoms with Gasteiger partial charge in [-0.3, -0.25) is 9.36 Å². The van der Waals surface area contributed by atoms with Gasteiger partial charge in [0.1, 0.15) is 13.2 Å². The molecule has 0 saturated heterocycles. The number of allylic oxidation sites excluding steroid dienone is 9. The normalized spacial score (nSPS) is 14.3. The van der Waals surface area contributed by atoms with Crippen LogP contribution in [0.25, 0.3) is 0 Å². The van der Waals surface area contributed by atoms with Crippen molar-refractivity contribution in [2.45, 2.75) is 289 Å². The Hall–Kier alpha value is -1.80. The largest absolute Gasteiger partial charge is 0.756 e. The van der Waals surface area contributed by atoms with E-state index in [1.54, 1.807) is 6.08 Å². The number of nitrogens with one attached hydrogen (secondary N) is 1. The molecule has 416 valence electrons. The second-order valence-electron chi connectivity index (χ2n) is 21.7. The first-order valence-electron chi connectivity index (χ1n) is 30.2. The van der Waals surface area contributed by atoms with Crippen LogP contribution >= 0.6 is 7.82 Å². The summed E-state index contributed by atoms with van der Waals surface area (Å²) in [6.45, 7) is 4.63. The Kier molecular flexibility index (Phi) is 51.7. The quantitative estimate of drug-likeness (QED) is 0.0272. The molecule has 0 fully saturated rings. The van der Waals surface area contributed by atoms with Crippen molar-refractivity contribution in [3.05, 3.63) is 60.8 Å². The molecule has 0 radical (unpaired) electrons. The Labute approximate surface area is 441 Å². The van der Waals surface area contributed by atoms with Gasteiger partial charge in [0.25, 0.3) is 7.82 Å². The summed E-state index contributed by atoms with van der Waals surface area (Å²) in [5.41, 5.74) is 0. The molecule has 0 spiro atoms. The number of carbonyl (C=O) groups excluding carboxylic acids is 1. The Morgan fingerprint density at radius 3 is 1.23 bits per heavy atom. The highest BCUT2D eigenvalue weighted by Gasteiger charge is 2.23. The van der Waals surface area contributed by atoms with Gasteiger partial charge >= 0.3 is 0 Å². The lowest BCUT2D eigenvalue weighted by atomic mass is 10.0. The Balaban J connectivity index is 4.15. The number of quaternary nitrogens is 1. The van der Waals surface area contributed by atoms with Crippen molar-refractivity contribution in [3.8, 4) is 0 Å². The zero-order valence-electron chi connectivity index (χ0n) is 47.4. The molecule has 0 aliphatic carbocycles. The number of hydrogen-bond acceptors (Lipinski definition) is 6. The van der Waals surface area contributed by atoms with E-state index < -0.39 is 26.6 Å². The Morgan fingerprint density at radius 1 is 0.493 bits per heavy atom. The van der Waals surface area contributed by atoms with Crippen LogP contribution in [0.4, 0.5) is 0 Å². The number of likely N-dealkylation sites (N-methyl/N-ethyl adjacent to an activating group) is 1. The summed E-state index contributed by atoms with van der Waals surface area (Å²) in [5, 5.41) is 13.9. The first-order valence-corrected chi connectivity index (χ1v) is 31.6. The highest BCUT2D eigenvalue weighted by molar-refractivity contribution is 7.45. The molecule has 0 bridgehead atoms. The molecule has 0 aromatic carbocycles. The van der Waals surface area contributed by atoms with Gasteiger partial charge in [-0.25, -0.2) is 0 Å². The van der Waals surface area contributed by atoms with Crippen molar-refractivity contribution in [1.82, 2.24) is 5.32 Å². The minimum absolute atomic E-state index is 0.00994. The molecule has 0 aromatic heterocycles. The number of rotatable bonds is 55. The second-order valence-corrected chi connectivity index (χ2v) is 23.1. The molecule has 0 aliphatic heterocycles. The smallest absolute Gasteiger partial charge is 0.268 e. The third-order valence-corrected chi connectivity index (χ3v) is 14.4. The molecule has 0 rings (SSSR count). The number of nitrogens with zero attached hydrogens (tertiary/aromatic N) is 1. The standard InChI is InChI=1S/C62H117N2O6P/c1-6-8-10-12-14-16-18-20-22-24-26-27-28-29-30-31-32-33-34-35-36-37-38-40-42-44-46-48-50-52-54-56-62(66)63-60(59-70-71(67,68)69-58-57-64(3,4)5)61(65)55-53-51-49-47-45-43-41-39-25-23-21-19-17-15-13-11-9-7-2/h25-27,29-30,39,45,47,53,55,60-61,65H,6-24,28,31-38,40-44,46,48-52,54,56-59H2,1-5H3,(H-,63,66,67,68)/b27-26-,30-29-,39-25+,47-45+,55-53+. The van der Waals surface area contributed by atoms with Gasteiger partial charge in [-0.2, -0.15) is 0 Å². The number of aliphatic hydroxyl groups is 1. The molecule has 0 aromatic rings. The number of aliphatic hydroxyl groups excluding tert-OH is 1. The van der Waals surface area contributed by atoms with E-state index in [0.29, 0.717) is 17.4 Å². The van der Waals surface area contributed by atoms with Crippen LogP contribution in [0.15, 0.2) is 60.8 Å². The summed E-state index contributed by atoms with van der Waals surface area (Å²) in [4.78, 5) is 25.5. The Morgan fingerprint density at radius 2 is 0.831 bits per heavy atom. The molecule has 9 heteroatoms. The minimum atomic E-state index is -4.61. The Bertz CT molecular complexity index is 1340. The van der Waals surface area contributed by atoms with Gasteiger partial charge in [0, 0.05) is 6.42 Å². The van der Waals surface area contributed by atoms with Crippen LogP contribution in [0.3, 0.4) is 0 Å². The third-order valence-electron chi connectivity index (χ3n) is 13.4. The summed E-state index contributed by atoms with van der Waals surface area (Å²) in [7, 11) is 1.24. The first kappa shape index (κ1) is 69.2. The van der Waals surface area contributed by atoms with Crippen molar-refractivity contribution in [2.24, 2.45) is 0 Å². The predicted octanol–water partition coefficient (Wildman–Crippen LogP) is 17.9. The van der Waals surface area contributed by atoms with Crippen molar-refractivity contribution >= 4 is 13.7 Å². The monoisotopic (exact) mass is 1020 g/mol. The summed E-state index contributed by atoms with van der Waals surface area (Å²) < 4.78 is 23.3. The second kappa shape index (κ2) is 53.0. The summed E-state index contributed by atoms with van der Waals surface area (Å²) in [6.07, 6.45) is 71.7. The minimum Gasteiger partial charge on any atom is -0.756 e. The highest BCUT2D eigenvalue weighted by atomic mass is 31.2. The molecule has 8 nitrogen and oxygen atoms in total. The van der Waals surface area contributed by atoms with Crippen LogP contribution in [-0.4, -0.2) is 68.5 Å². The van der Waals surface area contributed by atoms with Gasteiger partial charge in [0.2, 0.25) is 5.91 Å². The molecule has 2 N–H and O–H groups in total. The van der Waals surface area contributed by atoms with Gasteiger partial charge in [0.05, 0.1) is 39.9 Å². The summed E-state index contributed by atoms with van der Waals surface area (Å²) in [5.74, 6) is -0.210. The fourth-order valence-corrected chi connectivity index (χ4v) is 9.41. The van der Waals surface area contributed by atoms with E-state index in [9.17, 15) is 19.4 Å². The van der Waals surface area contributed by atoms with E-state index in [0.717, 1.165) is 51.4 Å². The number of unbranched alkanes of at least 4 members (excludes halogenated alkanes) is 34. The number of phosphoric acid groups is 1. The van der Waals surface area contributed by atoms with Gasteiger partial charge in [-0.05, 0) is 77.0 Å².